The van der Waals surface area contributed by atoms with E-state index >= 15 is 0 Å². The normalized spacial score (nSPS) is 14.7. The molecule has 0 unspecified atom stereocenters. The van der Waals surface area contributed by atoms with Gasteiger partial charge in [-0.05, 0) is 49.8 Å². The summed E-state index contributed by atoms with van der Waals surface area (Å²) >= 11 is 5.58. The van der Waals surface area contributed by atoms with Crippen LogP contribution in [0.25, 0.3) is 0 Å². The van der Waals surface area contributed by atoms with Crippen molar-refractivity contribution < 1.29 is 0 Å². The van der Waals surface area contributed by atoms with Crippen molar-refractivity contribution in [1.29, 1.82) is 0 Å². The first-order valence-corrected chi connectivity index (χ1v) is 8.33. The molecule has 0 aliphatic carbocycles. The first-order valence-electron chi connectivity index (χ1n) is 7.92. The molecule has 1 saturated heterocycles. The second-order valence-corrected chi connectivity index (χ2v) is 6.30. The zero-order chi connectivity index (χ0) is 16.2. The summed E-state index contributed by atoms with van der Waals surface area (Å²) in [5.74, 6) is 1.04. The minimum atomic E-state index is 0.803. The number of hydrogen-bond acceptors (Lipinski definition) is 3. The van der Waals surface area contributed by atoms with E-state index in [1.165, 1.54) is 11.1 Å². The summed E-state index contributed by atoms with van der Waals surface area (Å²) in [6, 6.07) is 12.4. The van der Waals surface area contributed by atoms with Gasteiger partial charge in [0.2, 0.25) is 0 Å². The average molecular weight is 326 g/mol. The molecule has 2 aromatic rings. The molecule has 5 heteroatoms. The molecular formula is C18H22N4S. The van der Waals surface area contributed by atoms with E-state index in [1.54, 1.807) is 0 Å². The van der Waals surface area contributed by atoms with Gasteiger partial charge in [0.25, 0.3) is 0 Å². The highest BCUT2D eigenvalue weighted by Crippen LogP contribution is 2.18. The van der Waals surface area contributed by atoms with Crippen LogP contribution in [-0.2, 0) is 0 Å². The van der Waals surface area contributed by atoms with E-state index < -0.39 is 0 Å². The van der Waals surface area contributed by atoms with Gasteiger partial charge in [-0.2, -0.15) is 0 Å². The molecule has 0 saturated carbocycles. The van der Waals surface area contributed by atoms with E-state index in [9.17, 15) is 0 Å². The van der Waals surface area contributed by atoms with Crippen LogP contribution in [0.3, 0.4) is 0 Å². The van der Waals surface area contributed by atoms with Gasteiger partial charge < -0.3 is 15.1 Å². The van der Waals surface area contributed by atoms with E-state index in [4.69, 9.17) is 12.2 Å². The van der Waals surface area contributed by atoms with Crippen LogP contribution in [0.4, 0.5) is 11.5 Å². The van der Waals surface area contributed by atoms with Gasteiger partial charge in [-0.15, -0.1) is 0 Å². The van der Waals surface area contributed by atoms with E-state index in [1.807, 2.05) is 18.3 Å². The monoisotopic (exact) mass is 326 g/mol. The molecular weight excluding hydrogens is 304 g/mol. The van der Waals surface area contributed by atoms with Gasteiger partial charge in [-0.1, -0.05) is 23.8 Å². The van der Waals surface area contributed by atoms with Crippen molar-refractivity contribution in [2.45, 2.75) is 13.8 Å². The summed E-state index contributed by atoms with van der Waals surface area (Å²) < 4.78 is 0. The molecule has 1 aliphatic heterocycles. The average Bonchev–Trinajstić information content (AvgIpc) is 2.58. The lowest BCUT2D eigenvalue weighted by molar-refractivity contribution is 0.389. The summed E-state index contributed by atoms with van der Waals surface area (Å²) in [4.78, 5) is 8.95. The molecule has 4 nitrogen and oxygen atoms in total. The summed E-state index contributed by atoms with van der Waals surface area (Å²) in [5.41, 5.74) is 3.58. The van der Waals surface area contributed by atoms with E-state index in [2.05, 4.69) is 58.2 Å². The summed E-state index contributed by atoms with van der Waals surface area (Å²) in [6.45, 7) is 7.90. The minimum absolute atomic E-state index is 0.803. The molecule has 1 N–H and O–H groups in total. The van der Waals surface area contributed by atoms with Crippen molar-refractivity contribution >= 4 is 28.8 Å². The maximum Gasteiger partial charge on any atom is 0.173 e. The number of hydrogen-bond donors (Lipinski definition) is 1. The molecule has 23 heavy (non-hydrogen) atoms. The highest BCUT2D eigenvalue weighted by molar-refractivity contribution is 7.80. The molecule has 1 aromatic carbocycles. The van der Waals surface area contributed by atoms with Gasteiger partial charge in [-0.3, -0.25) is 0 Å². The van der Waals surface area contributed by atoms with Crippen molar-refractivity contribution in [2.75, 3.05) is 36.4 Å². The van der Waals surface area contributed by atoms with Gasteiger partial charge in [0.15, 0.2) is 5.11 Å². The van der Waals surface area contributed by atoms with Gasteiger partial charge in [0.05, 0.1) is 0 Å². The fourth-order valence-corrected chi connectivity index (χ4v) is 3.12. The molecule has 0 radical (unpaired) electrons. The van der Waals surface area contributed by atoms with Gasteiger partial charge >= 0.3 is 0 Å². The highest BCUT2D eigenvalue weighted by Gasteiger charge is 2.19. The Kier molecular flexibility index (Phi) is 4.76. The Balaban J connectivity index is 1.58. The zero-order valence-electron chi connectivity index (χ0n) is 13.6. The molecule has 3 rings (SSSR count). The van der Waals surface area contributed by atoms with Crippen molar-refractivity contribution in [2.24, 2.45) is 0 Å². The number of nitrogens with zero attached hydrogens (tertiary/aromatic N) is 3. The first kappa shape index (κ1) is 15.7. The predicted molar refractivity (Wildman–Crippen MR) is 100 cm³/mol. The fraction of sp³-hybridized carbons (Fsp3) is 0.333. The second-order valence-electron chi connectivity index (χ2n) is 5.91. The number of rotatable bonds is 2. The highest BCUT2D eigenvalue weighted by atomic mass is 32.1. The smallest absolute Gasteiger partial charge is 0.173 e. The molecule has 0 atom stereocenters. The number of aryl methyl sites for hydroxylation is 2. The number of aromatic nitrogens is 1. The lowest BCUT2D eigenvalue weighted by Gasteiger charge is -2.36. The molecule has 1 aromatic heterocycles. The lowest BCUT2D eigenvalue weighted by atomic mass is 10.1. The van der Waals surface area contributed by atoms with Crippen LogP contribution in [0.2, 0.25) is 0 Å². The van der Waals surface area contributed by atoms with Crippen molar-refractivity contribution in [3.05, 3.63) is 53.7 Å². The standard InChI is InChI=1S/C18H22N4S/c1-14-6-7-16(15(2)13-14)20-18(23)22-11-9-21(10-12-22)17-5-3-4-8-19-17/h3-8,13H,9-12H2,1-2H3,(H,20,23). The van der Waals surface area contributed by atoms with Gasteiger partial charge in [0.1, 0.15) is 5.82 Å². The third-order valence-corrected chi connectivity index (χ3v) is 4.52. The Morgan fingerprint density at radius 3 is 2.52 bits per heavy atom. The quantitative estimate of drug-likeness (QED) is 0.857. The zero-order valence-corrected chi connectivity index (χ0v) is 14.4. The fourth-order valence-electron chi connectivity index (χ4n) is 2.83. The largest absolute Gasteiger partial charge is 0.353 e. The topological polar surface area (TPSA) is 31.4 Å². The second kappa shape index (κ2) is 6.96. The summed E-state index contributed by atoms with van der Waals surface area (Å²) in [5, 5.41) is 4.19. The Bertz CT molecular complexity index is 679. The Hall–Kier alpha value is -2.14. The number of piperazine rings is 1. The van der Waals surface area contributed by atoms with E-state index in [0.29, 0.717) is 0 Å². The van der Waals surface area contributed by atoms with Crippen LogP contribution < -0.4 is 10.2 Å². The van der Waals surface area contributed by atoms with E-state index in [0.717, 1.165) is 42.8 Å². The van der Waals surface area contributed by atoms with Crippen molar-refractivity contribution in [3.8, 4) is 0 Å². The van der Waals surface area contributed by atoms with Gasteiger partial charge in [-0.25, -0.2) is 4.98 Å². The predicted octanol–water partition coefficient (Wildman–Crippen LogP) is 3.22. The molecule has 0 bridgehead atoms. The molecule has 0 amide bonds. The minimum Gasteiger partial charge on any atom is -0.353 e. The third-order valence-electron chi connectivity index (χ3n) is 4.16. The van der Waals surface area contributed by atoms with Crippen LogP contribution >= 0.6 is 12.2 Å². The van der Waals surface area contributed by atoms with Crippen LogP contribution in [-0.4, -0.2) is 41.2 Å². The summed E-state index contributed by atoms with van der Waals surface area (Å²) in [7, 11) is 0. The van der Waals surface area contributed by atoms with E-state index in [-0.39, 0.29) is 0 Å². The molecule has 0 spiro atoms. The number of pyridine rings is 1. The number of thiocarbonyl (C=S) groups is 1. The van der Waals surface area contributed by atoms with Crippen LogP contribution in [0, 0.1) is 13.8 Å². The van der Waals surface area contributed by atoms with Crippen LogP contribution in [0.5, 0.6) is 0 Å². The number of benzene rings is 1. The molecule has 1 fully saturated rings. The summed E-state index contributed by atoms with van der Waals surface area (Å²) in [6.07, 6.45) is 1.84. The maximum absolute atomic E-state index is 5.58. The van der Waals surface area contributed by atoms with Crippen LogP contribution in [0.1, 0.15) is 11.1 Å². The van der Waals surface area contributed by atoms with Gasteiger partial charge in [0, 0.05) is 38.1 Å². The van der Waals surface area contributed by atoms with Crippen LogP contribution in [0.15, 0.2) is 42.6 Å². The Labute approximate surface area is 143 Å². The van der Waals surface area contributed by atoms with Crippen molar-refractivity contribution in [1.82, 2.24) is 9.88 Å². The molecule has 2 heterocycles. The SMILES string of the molecule is Cc1ccc(NC(=S)N2CCN(c3ccccn3)CC2)c(C)c1. The molecule has 1 aliphatic rings. The van der Waals surface area contributed by atoms with Crippen molar-refractivity contribution in [3.63, 3.8) is 0 Å². The third kappa shape index (κ3) is 3.79. The molecule has 120 valence electrons. The maximum atomic E-state index is 5.58. The number of anilines is 2. The number of nitrogens with one attached hydrogen (secondary N) is 1. The Morgan fingerprint density at radius 2 is 1.87 bits per heavy atom. The Morgan fingerprint density at radius 1 is 1.09 bits per heavy atom. The first-order chi connectivity index (χ1) is 11.1. The lowest BCUT2D eigenvalue weighted by Crippen LogP contribution is -2.50.